The van der Waals surface area contributed by atoms with Crippen LogP contribution in [0.1, 0.15) is 16.8 Å². The molecule has 6 heteroatoms. The maximum atomic E-state index is 5.42. The van der Waals surface area contributed by atoms with Crippen molar-refractivity contribution in [2.75, 3.05) is 12.4 Å². The number of pyridine rings is 1. The quantitative estimate of drug-likeness (QED) is 0.761. The van der Waals surface area contributed by atoms with E-state index in [9.17, 15) is 0 Å². The van der Waals surface area contributed by atoms with E-state index >= 15 is 0 Å². The van der Waals surface area contributed by atoms with Gasteiger partial charge in [-0.2, -0.15) is 5.10 Å². The highest BCUT2D eigenvalue weighted by Gasteiger charge is 2.14. The molecule has 0 amide bonds. The first-order chi connectivity index (χ1) is 10.5. The van der Waals surface area contributed by atoms with Gasteiger partial charge in [0, 0.05) is 21.4 Å². The summed E-state index contributed by atoms with van der Waals surface area (Å²) >= 11 is 3.62. The van der Waals surface area contributed by atoms with Crippen molar-refractivity contribution in [3.63, 3.8) is 0 Å². The molecule has 0 fully saturated rings. The van der Waals surface area contributed by atoms with Gasteiger partial charge < -0.3 is 10.1 Å². The van der Waals surface area contributed by atoms with Gasteiger partial charge in [0.05, 0.1) is 12.8 Å². The number of aromatic nitrogens is 3. The highest BCUT2D eigenvalue weighted by atomic mass is 79.9. The van der Waals surface area contributed by atoms with E-state index in [-0.39, 0.29) is 0 Å². The molecule has 3 rings (SSSR count). The molecule has 3 aromatic rings. The Bertz CT molecular complexity index is 857. The summed E-state index contributed by atoms with van der Waals surface area (Å²) < 4.78 is 8.18. The molecule has 1 aromatic carbocycles. The number of nitrogens with one attached hydrogen (secondary N) is 1. The first-order valence-electron chi connectivity index (χ1n) is 6.93. The molecule has 114 valence electrons. The number of fused-ring (bicyclic) bond motifs is 1. The van der Waals surface area contributed by atoms with Crippen LogP contribution in [-0.2, 0) is 0 Å². The van der Waals surface area contributed by atoms with Crippen LogP contribution in [0, 0.1) is 20.8 Å². The van der Waals surface area contributed by atoms with E-state index in [1.165, 1.54) is 0 Å². The zero-order valence-corrected chi connectivity index (χ0v) is 14.5. The zero-order chi connectivity index (χ0) is 15.9. The summed E-state index contributed by atoms with van der Waals surface area (Å²) in [6.45, 7) is 6.10. The van der Waals surface area contributed by atoms with Gasteiger partial charge in [-0.25, -0.2) is 9.50 Å². The molecule has 0 saturated heterocycles. The van der Waals surface area contributed by atoms with Gasteiger partial charge in [-0.3, -0.25) is 0 Å². The van der Waals surface area contributed by atoms with Gasteiger partial charge in [0.15, 0.2) is 5.65 Å². The van der Waals surface area contributed by atoms with Gasteiger partial charge in [0.1, 0.15) is 12.1 Å². The average Bonchev–Trinajstić information content (AvgIpc) is 2.96. The fraction of sp³-hybridized carbons (Fsp3) is 0.250. The van der Waals surface area contributed by atoms with Gasteiger partial charge in [-0.1, -0.05) is 6.07 Å². The number of ether oxygens (including phenoxy) is 1. The third-order valence-electron chi connectivity index (χ3n) is 3.77. The number of nitrogens with zero attached hydrogens (tertiary/aromatic N) is 3. The Morgan fingerprint density at radius 1 is 1.18 bits per heavy atom. The molecule has 0 unspecified atom stereocenters. The highest BCUT2D eigenvalue weighted by Crippen LogP contribution is 2.35. The lowest BCUT2D eigenvalue weighted by Gasteiger charge is -2.17. The smallest absolute Gasteiger partial charge is 0.180 e. The van der Waals surface area contributed by atoms with E-state index < -0.39 is 0 Å². The second-order valence-corrected chi connectivity index (χ2v) is 6.07. The molecule has 2 heterocycles. The number of hydrogen-bond acceptors (Lipinski definition) is 4. The lowest BCUT2D eigenvalue weighted by molar-refractivity contribution is 0.412. The van der Waals surface area contributed by atoms with Gasteiger partial charge in [-0.15, -0.1) is 0 Å². The molecule has 0 radical (unpaired) electrons. The highest BCUT2D eigenvalue weighted by molar-refractivity contribution is 9.10. The van der Waals surface area contributed by atoms with Crippen LogP contribution < -0.4 is 10.1 Å². The van der Waals surface area contributed by atoms with Gasteiger partial charge >= 0.3 is 0 Å². The number of aryl methyl sites for hydroxylation is 2. The van der Waals surface area contributed by atoms with E-state index in [0.29, 0.717) is 0 Å². The van der Waals surface area contributed by atoms with Gasteiger partial charge in [-0.05, 0) is 54.4 Å². The van der Waals surface area contributed by atoms with Crippen LogP contribution in [0.25, 0.3) is 5.65 Å². The largest absolute Gasteiger partial charge is 0.496 e. The van der Waals surface area contributed by atoms with Crippen LogP contribution in [0.4, 0.5) is 11.4 Å². The summed E-state index contributed by atoms with van der Waals surface area (Å²) in [5.74, 6) is 0.855. The second kappa shape index (κ2) is 5.61. The molecule has 0 spiro atoms. The van der Waals surface area contributed by atoms with Crippen molar-refractivity contribution in [2.45, 2.75) is 20.8 Å². The summed E-state index contributed by atoms with van der Waals surface area (Å²) in [7, 11) is 1.68. The molecule has 0 saturated carbocycles. The normalized spacial score (nSPS) is 11.0. The SMILES string of the molecule is COc1ccc(C)c(Nc2c(Br)cc(C)n3ncnc23)c1C. The van der Waals surface area contributed by atoms with Crippen LogP contribution in [0.5, 0.6) is 5.75 Å². The number of rotatable bonds is 3. The molecular weight excluding hydrogens is 344 g/mol. The lowest BCUT2D eigenvalue weighted by Crippen LogP contribution is -2.03. The predicted molar refractivity (Wildman–Crippen MR) is 91.2 cm³/mol. The van der Waals surface area contributed by atoms with E-state index in [1.54, 1.807) is 13.4 Å². The molecular formula is C16H17BrN4O. The van der Waals surface area contributed by atoms with Crippen molar-refractivity contribution < 1.29 is 4.74 Å². The van der Waals surface area contributed by atoms with Crippen LogP contribution in [0.2, 0.25) is 0 Å². The average molecular weight is 361 g/mol. The Morgan fingerprint density at radius 3 is 2.68 bits per heavy atom. The summed E-state index contributed by atoms with van der Waals surface area (Å²) in [4.78, 5) is 4.37. The monoisotopic (exact) mass is 360 g/mol. The van der Waals surface area contributed by atoms with E-state index in [1.807, 2.05) is 36.6 Å². The maximum Gasteiger partial charge on any atom is 0.180 e. The molecule has 0 aliphatic carbocycles. The first-order valence-corrected chi connectivity index (χ1v) is 7.72. The Morgan fingerprint density at radius 2 is 1.95 bits per heavy atom. The lowest BCUT2D eigenvalue weighted by atomic mass is 10.1. The molecule has 5 nitrogen and oxygen atoms in total. The standard InChI is InChI=1S/C16H17BrN4O/c1-9-5-6-13(22-4)11(3)14(9)20-15-12(17)7-10(2)21-16(15)18-8-19-21/h5-8,20H,1-4H3. The van der Waals surface area contributed by atoms with Crippen molar-refractivity contribution in [2.24, 2.45) is 0 Å². The second-order valence-electron chi connectivity index (χ2n) is 5.21. The number of anilines is 2. The van der Waals surface area contributed by atoms with E-state index in [4.69, 9.17) is 4.74 Å². The van der Waals surface area contributed by atoms with Gasteiger partial charge in [0.2, 0.25) is 0 Å². The zero-order valence-electron chi connectivity index (χ0n) is 12.9. The fourth-order valence-corrected chi connectivity index (χ4v) is 3.18. The molecule has 22 heavy (non-hydrogen) atoms. The van der Waals surface area contributed by atoms with Crippen LogP contribution in [0.3, 0.4) is 0 Å². The Balaban J connectivity index is 2.17. The van der Waals surface area contributed by atoms with E-state index in [2.05, 4.69) is 38.3 Å². The molecule has 0 bridgehead atoms. The number of benzene rings is 1. The van der Waals surface area contributed by atoms with Crippen LogP contribution >= 0.6 is 15.9 Å². The molecule has 2 aromatic heterocycles. The van der Waals surface area contributed by atoms with Crippen LogP contribution in [-0.4, -0.2) is 21.7 Å². The third kappa shape index (κ3) is 2.33. The summed E-state index contributed by atoms with van der Waals surface area (Å²) in [5, 5.41) is 7.75. The minimum absolute atomic E-state index is 0.786. The number of methoxy groups -OCH3 is 1. The summed E-state index contributed by atoms with van der Waals surface area (Å²) in [6.07, 6.45) is 1.56. The van der Waals surface area contributed by atoms with Crippen LogP contribution in [0.15, 0.2) is 29.0 Å². The summed E-state index contributed by atoms with van der Waals surface area (Å²) in [6, 6.07) is 6.04. The molecule has 0 aliphatic heterocycles. The molecule has 0 atom stereocenters. The number of hydrogen-bond donors (Lipinski definition) is 1. The number of halogens is 1. The van der Waals surface area contributed by atoms with Crippen molar-refractivity contribution >= 4 is 33.0 Å². The minimum atomic E-state index is 0.786. The van der Waals surface area contributed by atoms with Gasteiger partial charge in [0.25, 0.3) is 0 Å². The van der Waals surface area contributed by atoms with Crippen molar-refractivity contribution in [1.82, 2.24) is 14.6 Å². The Kier molecular flexibility index (Phi) is 3.78. The minimum Gasteiger partial charge on any atom is -0.496 e. The van der Waals surface area contributed by atoms with Crippen molar-refractivity contribution in [3.05, 3.63) is 45.8 Å². The Hall–Kier alpha value is -2.08. The first kappa shape index (κ1) is 14.8. The molecule has 1 N–H and O–H groups in total. The Labute approximate surface area is 137 Å². The summed E-state index contributed by atoms with van der Waals surface area (Å²) in [5.41, 5.74) is 5.92. The fourth-order valence-electron chi connectivity index (χ4n) is 2.58. The van der Waals surface area contributed by atoms with E-state index in [0.717, 1.165) is 44.1 Å². The predicted octanol–water partition coefficient (Wildman–Crippen LogP) is 4.17. The van der Waals surface area contributed by atoms with Crippen molar-refractivity contribution in [1.29, 1.82) is 0 Å². The topological polar surface area (TPSA) is 51.5 Å². The van der Waals surface area contributed by atoms with Crippen molar-refractivity contribution in [3.8, 4) is 5.75 Å². The third-order valence-corrected chi connectivity index (χ3v) is 4.40. The maximum absolute atomic E-state index is 5.42. The molecule has 0 aliphatic rings.